The number of aromatic nitrogens is 2. The van der Waals surface area contributed by atoms with Crippen molar-refractivity contribution in [1.29, 1.82) is 0 Å². The highest BCUT2D eigenvalue weighted by Gasteiger charge is 2.14. The Balaban J connectivity index is 2.80. The number of rotatable bonds is 27. The molecule has 0 saturated heterocycles. The van der Waals surface area contributed by atoms with Gasteiger partial charge < -0.3 is 0 Å². The molecular formula is C35H65N2. The third-order valence-corrected chi connectivity index (χ3v) is 7.94. The van der Waals surface area contributed by atoms with Gasteiger partial charge in [-0.05, 0) is 50.5 Å². The van der Waals surface area contributed by atoms with Gasteiger partial charge in [0.2, 0.25) is 0 Å². The molecule has 0 fully saturated rings. The summed E-state index contributed by atoms with van der Waals surface area (Å²) in [5.41, 5.74) is 4.36. The van der Waals surface area contributed by atoms with Crippen molar-refractivity contribution >= 4 is 0 Å². The van der Waals surface area contributed by atoms with Gasteiger partial charge in [0.05, 0.1) is 0 Å². The lowest BCUT2D eigenvalue weighted by Gasteiger charge is -2.16. The summed E-state index contributed by atoms with van der Waals surface area (Å²) in [6.45, 7) is 11.0. The zero-order chi connectivity index (χ0) is 26.8. The average molecular weight is 514 g/mol. The van der Waals surface area contributed by atoms with Crippen LogP contribution in [0, 0.1) is 6.92 Å². The number of nitrogens with zero attached hydrogens (tertiary/aromatic N) is 2. The van der Waals surface area contributed by atoms with E-state index in [1.807, 2.05) is 0 Å². The topological polar surface area (TPSA) is 25.8 Å². The van der Waals surface area contributed by atoms with Crippen molar-refractivity contribution < 1.29 is 0 Å². The molecule has 0 spiro atoms. The maximum absolute atomic E-state index is 5.20. The van der Waals surface area contributed by atoms with Crippen LogP contribution < -0.4 is 0 Å². The van der Waals surface area contributed by atoms with Crippen LogP contribution in [-0.4, -0.2) is 9.97 Å². The van der Waals surface area contributed by atoms with E-state index in [1.54, 1.807) is 5.56 Å². The predicted molar refractivity (Wildman–Crippen MR) is 165 cm³/mol. The number of unbranched alkanes of at least 4 members (excludes halogenated alkanes) is 19. The largest absolute Gasteiger partial charge is 0.238 e. The van der Waals surface area contributed by atoms with Gasteiger partial charge in [-0.2, -0.15) is 0 Å². The van der Waals surface area contributed by atoms with Crippen LogP contribution >= 0.6 is 0 Å². The van der Waals surface area contributed by atoms with Crippen LogP contribution in [0.15, 0.2) is 0 Å². The van der Waals surface area contributed by atoms with Crippen LogP contribution in [0.5, 0.6) is 0 Å². The van der Waals surface area contributed by atoms with Crippen molar-refractivity contribution in [2.75, 3.05) is 0 Å². The van der Waals surface area contributed by atoms with E-state index in [0.717, 1.165) is 37.9 Å². The summed E-state index contributed by atoms with van der Waals surface area (Å²) >= 11 is 0. The quantitative estimate of drug-likeness (QED) is 0.109. The van der Waals surface area contributed by atoms with E-state index < -0.39 is 0 Å². The Hall–Kier alpha value is -0.920. The van der Waals surface area contributed by atoms with E-state index in [0.29, 0.717) is 0 Å². The first-order valence-corrected chi connectivity index (χ1v) is 16.9. The molecule has 1 heterocycles. The molecule has 0 amide bonds. The van der Waals surface area contributed by atoms with Crippen molar-refractivity contribution in [3.63, 3.8) is 0 Å². The van der Waals surface area contributed by atoms with E-state index in [1.165, 1.54) is 153 Å². The van der Waals surface area contributed by atoms with Gasteiger partial charge in [0.1, 0.15) is 5.82 Å². The van der Waals surface area contributed by atoms with Crippen molar-refractivity contribution in [2.24, 2.45) is 0 Å². The van der Waals surface area contributed by atoms with Crippen LogP contribution in [-0.2, 0) is 25.7 Å². The first-order valence-electron chi connectivity index (χ1n) is 16.9. The lowest BCUT2D eigenvalue weighted by atomic mass is 9.96. The number of hydrogen-bond donors (Lipinski definition) is 0. The number of aryl methyl sites for hydroxylation is 3. The fraction of sp³-hybridized carbons (Fsp3) is 0.857. The van der Waals surface area contributed by atoms with Crippen LogP contribution in [0.4, 0.5) is 0 Å². The third-order valence-electron chi connectivity index (χ3n) is 7.94. The highest BCUT2D eigenvalue weighted by Crippen LogP contribution is 2.22. The Bertz CT molecular complexity index is 585. The highest BCUT2D eigenvalue weighted by molar-refractivity contribution is 5.27. The van der Waals surface area contributed by atoms with E-state index in [-0.39, 0.29) is 0 Å². The van der Waals surface area contributed by atoms with Gasteiger partial charge in [-0.1, -0.05) is 150 Å². The van der Waals surface area contributed by atoms with Crippen LogP contribution in [0.25, 0.3) is 0 Å². The molecule has 0 aromatic carbocycles. The molecule has 0 saturated carbocycles. The summed E-state index contributed by atoms with van der Waals surface area (Å²) in [5, 5.41) is 0. The summed E-state index contributed by atoms with van der Waals surface area (Å²) in [7, 11) is 0. The predicted octanol–water partition coefficient (Wildman–Crippen LogP) is 11.5. The third kappa shape index (κ3) is 18.1. The highest BCUT2D eigenvalue weighted by atomic mass is 14.9. The molecule has 0 bridgehead atoms. The Kier molecular flexibility index (Phi) is 23.4. The molecule has 0 atom stereocenters. The van der Waals surface area contributed by atoms with Gasteiger partial charge in [-0.3, -0.25) is 0 Å². The second-order valence-electron chi connectivity index (χ2n) is 11.6. The molecule has 0 aliphatic heterocycles. The zero-order valence-corrected chi connectivity index (χ0v) is 25.7. The van der Waals surface area contributed by atoms with E-state index in [2.05, 4.69) is 27.7 Å². The van der Waals surface area contributed by atoms with E-state index in [4.69, 9.17) is 9.97 Å². The molecule has 1 aromatic heterocycles. The number of hydrogen-bond acceptors (Lipinski definition) is 2. The normalized spacial score (nSPS) is 11.5. The van der Waals surface area contributed by atoms with Gasteiger partial charge in [0, 0.05) is 17.8 Å². The average Bonchev–Trinajstić information content (AvgIpc) is 2.91. The second kappa shape index (κ2) is 25.4. The lowest BCUT2D eigenvalue weighted by Crippen LogP contribution is -2.11. The van der Waals surface area contributed by atoms with Gasteiger partial charge in [0.25, 0.3) is 0 Å². The standard InChI is InChI=1S/C35H65N2/c1-5-9-13-16-19-22-25-28-32-33(29-26-23-20-17-14-10-6-2)36-35(31-12-8-4)37-34(32)30-27-24-21-18-15-11-7-3/h4-31H2,1-3H3. The minimum absolute atomic E-state index is 0.976. The first-order chi connectivity index (χ1) is 18.3. The molecular weight excluding hydrogens is 448 g/mol. The van der Waals surface area contributed by atoms with Gasteiger partial charge in [-0.15, -0.1) is 0 Å². The molecule has 1 aromatic rings. The van der Waals surface area contributed by atoms with Crippen molar-refractivity contribution in [1.82, 2.24) is 9.97 Å². The Labute approximate surface area is 233 Å². The second-order valence-corrected chi connectivity index (χ2v) is 11.6. The minimum atomic E-state index is 0.976. The Morgan fingerprint density at radius 3 is 1.14 bits per heavy atom. The summed E-state index contributed by atoms with van der Waals surface area (Å²) in [6, 6.07) is 0. The SMILES string of the molecule is [CH2]CCCc1nc(CCCCCCCCC)c(CCCCCCCCC)c(CCCCCCCCC)n1. The lowest BCUT2D eigenvalue weighted by molar-refractivity contribution is 0.570. The molecule has 1 rings (SSSR count). The van der Waals surface area contributed by atoms with Crippen molar-refractivity contribution in [2.45, 2.75) is 194 Å². The van der Waals surface area contributed by atoms with E-state index in [9.17, 15) is 0 Å². The molecule has 0 N–H and O–H groups in total. The van der Waals surface area contributed by atoms with Crippen molar-refractivity contribution in [3.8, 4) is 0 Å². The van der Waals surface area contributed by atoms with Crippen LogP contribution in [0.1, 0.15) is 191 Å². The molecule has 37 heavy (non-hydrogen) atoms. The Morgan fingerprint density at radius 2 is 0.757 bits per heavy atom. The molecule has 0 aliphatic carbocycles. The fourth-order valence-corrected chi connectivity index (χ4v) is 5.49. The van der Waals surface area contributed by atoms with Crippen LogP contribution in [0.3, 0.4) is 0 Å². The molecule has 1 radical (unpaired) electrons. The summed E-state index contributed by atoms with van der Waals surface area (Å²) < 4.78 is 0. The molecule has 0 aliphatic rings. The van der Waals surface area contributed by atoms with Gasteiger partial charge in [0.15, 0.2) is 0 Å². The molecule has 2 heteroatoms. The zero-order valence-electron chi connectivity index (χ0n) is 25.7. The van der Waals surface area contributed by atoms with E-state index >= 15 is 0 Å². The monoisotopic (exact) mass is 514 g/mol. The maximum Gasteiger partial charge on any atom is 0.128 e. The van der Waals surface area contributed by atoms with Gasteiger partial charge in [-0.25, -0.2) is 9.97 Å². The first kappa shape index (κ1) is 34.1. The summed E-state index contributed by atoms with van der Waals surface area (Å²) in [5.74, 6) is 1.10. The van der Waals surface area contributed by atoms with Gasteiger partial charge >= 0.3 is 0 Å². The summed E-state index contributed by atoms with van der Waals surface area (Å²) in [4.78, 5) is 10.4. The maximum atomic E-state index is 5.20. The fourth-order valence-electron chi connectivity index (χ4n) is 5.49. The molecule has 215 valence electrons. The molecule has 2 nitrogen and oxygen atoms in total. The minimum Gasteiger partial charge on any atom is -0.238 e. The Morgan fingerprint density at radius 1 is 0.405 bits per heavy atom. The smallest absolute Gasteiger partial charge is 0.128 e. The van der Waals surface area contributed by atoms with Crippen molar-refractivity contribution in [3.05, 3.63) is 29.7 Å². The van der Waals surface area contributed by atoms with Crippen LogP contribution in [0.2, 0.25) is 0 Å². The summed E-state index contributed by atoms with van der Waals surface area (Å²) in [6.07, 6.45) is 35.3. The molecule has 0 unspecified atom stereocenters.